The van der Waals surface area contributed by atoms with E-state index in [-0.39, 0.29) is 5.82 Å². The molecule has 0 aliphatic heterocycles. The molecule has 0 fully saturated rings. The zero-order valence-corrected chi connectivity index (χ0v) is 14.4. The zero-order chi connectivity index (χ0) is 16.4. The molecule has 3 aromatic rings. The monoisotopic (exact) mass is 374 g/mol. The van der Waals surface area contributed by atoms with Crippen LogP contribution in [0.15, 0.2) is 47.1 Å². The van der Waals surface area contributed by atoms with E-state index in [9.17, 15) is 4.39 Å². The van der Waals surface area contributed by atoms with E-state index in [0.29, 0.717) is 21.3 Å². The van der Waals surface area contributed by atoms with Crippen molar-refractivity contribution in [1.29, 1.82) is 0 Å². The van der Waals surface area contributed by atoms with Crippen LogP contribution < -0.4 is 5.32 Å². The fraction of sp³-hybridized carbons (Fsp3) is 0.176. The van der Waals surface area contributed by atoms with E-state index in [1.54, 1.807) is 12.1 Å². The zero-order valence-electron chi connectivity index (χ0n) is 12.8. The highest BCUT2D eigenvalue weighted by atomic mass is 79.9. The Morgan fingerprint density at radius 3 is 2.57 bits per heavy atom. The lowest BCUT2D eigenvalue weighted by atomic mass is 10.2. The maximum Gasteiger partial charge on any atom is 0.227 e. The van der Waals surface area contributed by atoms with Gasteiger partial charge in [-0.1, -0.05) is 12.1 Å². The highest BCUT2D eigenvalue weighted by molar-refractivity contribution is 9.10. The number of anilines is 2. The van der Waals surface area contributed by atoms with Crippen molar-refractivity contribution in [3.8, 4) is 0 Å². The number of nitrogens with zero attached hydrogens (tertiary/aromatic N) is 3. The highest BCUT2D eigenvalue weighted by Crippen LogP contribution is 2.24. The normalized spacial score (nSPS) is 11.2. The molecule has 1 heterocycles. The third-order valence-electron chi connectivity index (χ3n) is 3.36. The summed E-state index contributed by atoms with van der Waals surface area (Å²) in [4.78, 5) is 10.6. The molecule has 23 heavy (non-hydrogen) atoms. The fourth-order valence-corrected chi connectivity index (χ4v) is 2.64. The van der Waals surface area contributed by atoms with Gasteiger partial charge in [0.25, 0.3) is 0 Å². The van der Waals surface area contributed by atoms with Crippen LogP contribution in [0.1, 0.15) is 5.56 Å². The van der Waals surface area contributed by atoms with Gasteiger partial charge in [-0.05, 0) is 59.9 Å². The summed E-state index contributed by atoms with van der Waals surface area (Å²) >= 11 is 3.16. The summed E-state index contributed by atoms with van der Waals surface area (Å²) in [6.45, 7) is 0.890. The minimum atomic E-state index is -0.345. The van der Waals surface area contributed by atoms with E-state index in [1.807, 2.05) is 26.2 Å². The smallest absolute Gasteiger partial charge is 0.227 e. The quantitative estimate of drug-likeness (QED) is 0.737. The second-order valence-corrected chi connectivity index (χ2v) is 6.40. The Kier molecular flexibility index (Phi) is 4.54. The molecule has 0 amide bonds. The van der Waals surface area contributed by atoms with Crippen LogP contribution in [-0.4, -0.2) is 29.0 Å². The SMILES string of the molecule is CN(C)Cc1ccc(Nc2ncc3c(F)c(Br)ccc3n2)cc1. The molecule has 0 atom stereocenters. The lowest BCUT2D eigenvalue weighted by Crippen LogP contribution is -2.10. The van der Waals surface area contributed by atoms with E-state index >= 15 is 0 Å². The molecular formula is C17H16BrFN4. The van der Waals surface area contributed by atoms with Gasteiger partial charge in [-0.25, -0.2) is 14.4 Å². The van der Waals surface area contributed by atoms with E-state index in [1.165, 1.54) is 11.8 Å². The van der Waals surface area contributed by atoms with Gasteiger partial charge in [0.2, 0.25) is 5.95 Å². The van der Waals surface area contributed by atoms with Crippen molar-refractivity contribution in [2.75, 3.05) is 19.4 Å². The van der Waals surface area contributed by atoms with Crippen molar-refractivity contribution >= 4 is 38.5 Å². The molecule has 0 unspecified atom stereocenters. The van der Waals surface area contributed by atoms with Gasteiger partial charge < -0.3 is 10.2 Å². The number of hydrogen-bond acceptors (Lipinski definition) is 4. The molecule has 0 aliphatic carbocycles. The first-order valence-electron chi connectivity index (χ1n) is 7.14. The minimum absolute atomic E-state index is 0.345. The fourth-order valence-electron chi connectivity index (χ4n) is 2.29. The van der Waals surface area contributed by atoms with Crippen molar-refractivity contribution in [3.05, 3.63) is 58.4 Å². The van der Waals surface area contributed by atoms with Gasteiger partial charge in [0.15, 0.2) is 0 Å². The Morgan fingerprint density at radius 1 is 1.13 bits per heavy atom. The maximum atomic E-state index is 14.0. The lowest BCUT2D eigenvalue weighted by Gasteiger charge is -2.11. The molecular weight excluding hydrogens is 359 g/mol. The summed E-state index contributed by atoms with van der Waals surface area (Å²) in [5.74, 6) is 0.0988. The summed E-state index contributed by atoms with van der Waals surface area (Å²) in [5, 5.41) is 3.54. The molecule has 0 spiro atoms. The molecule has 1 aromatic heterocycles. The molecule has 0 saturated carbocycles. The lowest BCUT2D eigenvalue weighted by molar-refractivity contribution is 0.402. The van der Waals surface area contributed by atoms with Crippen LogP contribution in [0.25, 0.3) is 10.9 Å². The van der Waals surface area contributed by atoms with Gasteiger partial charge >= 0.3 is 0 Å². The summed E-state index contributed by atoms with van der Waals surface area (Å²) in [5.41, 5.74) is 2.68. The topological polar surface area (TPSA) is 41.0 Å². The van der Waals surface area contributed by atoms with Crippen molar-refractivity contribution in [2.24, 2.45) is 0 Å². The largest absolute Gasteiger partial charge is 0.324 e. The van der Waals surface area contributed by atoms with Crippen LogP contribution >= 0.6 is 15.9 Å². The molecule has 0 radical (unpaired) electrons. The van der Waals surface area contributed by atoms with Gasteiger partial charge in [0.05, 0.1) is 15.4 Å². The average molecular weight is 375 g/mol. The molecule has 3 rings (SSSR count). The van der Waals surface area contributed by atoms with Crippen LogP contribution in [-0.2, 0) is 6.54 Å². The number of fused-ring (bicyclic) bond motifs is 1. The first-order valence-corrected chi connectivity index (χ1v) is 7.93. The van der Waals surface area contributed by atoms with Gasteiger partial charge in [0.1, 0.15) is 5.82 Å². The minimum Gasteiger partial charge on any atom is -0.324 e. The van der Waals surface area contributed by atoms with Crippen molar-refractivity contribution in [1.82, 2.24) is 14.9 Å². The predicted molar refractivity (Wildman–Crippen MR) is 94.3 cm³/mol. The highest BCUT2D eigenvalue weighted by Gasteiger charge is 2.08. The first kappa shape index (κ1) is 15.8. The summed E-state index contributed by atoms with van der Waals surface area (Å²) < 4.78 is 14.4. The summed E-state index contributed by atoms with van der Waals surface area (Å²) in [6, 6.07) is 11.5. The molecule has 2 aromatic carbocycles. The molecule has 0 aliphatic rings. The molecule has 4 nitrogen and oxygen atoms in total. The molecule has 6 heteroatoms. The van der Waals surface area contributed by atoms with Gasteiger partial charge in [-0.3, -0.25) is 0 Å². The standard InChI is InChI=1S/C17H16BrFN4/c1-23(2)10-11-3-5-12(6-4-11)21-17-20-9-13-15(22-17)8-7-14(18)16(13)19/h3-9H,10H2,1-2H3,(H,20,21,22). The van der Waals surface area contributed by atoms with E-state index in [2.05, 4.69) is 48.2 Å². The number of aromatic nitrogens is 2. The number of halogens is 2. The van der Waals surface area contributed by atoms with Crippen LogP contribution in [0, 0.1) is 5.82 Å². The maximum absolute atomic E-state index is 14.0. The molecule has 0 saturated heterocycles. The Balaban J connectivity index is 1.82. The number of rotatable bonds is 4. The van der Waals surface area contributed by atoms with Crippen molar-refractivity contribution < 1.29 is 4.39 Å². The second kappa shape index (κ2) is 6.60. The Labute approximate surface area is 142 Å². The van der Waals surface area contributed by atoms with E-state index < -0.39 is 0 Å². The van der Waals surface area contributed by atoms with Crippen LogP contribution in [0.3, 0.4) is 0 Å². The Hall–Kier alpha value is -2.05. The number of nitrogens with one attached hydrogen (secondary N) is 1. The number of hydrogen-bond donors (Lipinski definition) is 1. The van der Waals surface area contributed by atoms with Gasteiger partial charge in [-0.2, -0.15) is 0 Å². The summed E-state index contributed by atoms with van der Waals surface area (Å²) in [7, 11) is 4.07. The first-order chi connectivity index (χ1) is 11.0. The molecule has 0 bridgehead atoms. The van der Waals surface area contributed by atoms with Crippen molar-refractivity contribution in [2.45, 2.75) is 6.54 Å². The molecule has 118 valence electrons. The third-order valence-corrected chi connectivity index (χ3v) is 3.97. The predicted octanol–water partition coefficient (Wildman–Crippen LogP) is 4.34. The Morgan fingerprint density at radius 2 is 1.87 bits per heavy atom. The Bertz CT molecular complexity index is 834. The van der Waals surface area contributed by atoms with Gasteiger partial charge in [0, 0.05) is 18.4 Å². The third kappa shape index (κ3) is 3.65. The summed E-state index contributed by atoms with van der Waals surface area (Å²) in [6.07, 6.45) is 1.49. The molecule has 1 N–H and O–H groups in total. The van der Waals surface area contributed by atoms with Gasteiger partial charge in [-0.15, -0.1) is 0 Å². The van der Waals surface area contributed by atoms with Crippen LogP contribution in [0.5, 0.6) is 0 Å². The second-order valence-electron chi connectivity index (χ2n) is 5.55. The number of benzene rings is 2. The van der Waals surface area contributed by atoms with Crippen LogP contribution in [0.4, 0.5) is 16.0 Å². The van der Waals surface area contributed by atoms with E-state index in [0.717, 1.165) is 12.2 Å². The van der Waals surface area contributed by atoms with Crippen LogP contribution in [0.2, 0.25) is 0 Å². The van der Waals surface area contributed by atoms with Crippen molar-refractivity contribution in [3.63, 3.8) is 0 Å². The average Bonchev–Trinajstić information content (AvgIpc) is 2.52. The van der Waals surface area contributed by atoms with E-state index in [4.69, 9.17) is 0 Å².